The van der Waals surface area contributed by atoms with E-state index in [1.165, 1.54) is 6.07 Å². The van der Waals surface area contributed by atoms with Gasteiger partial charge >= 0.3 is 0 Å². The first-order valence-electron chi connectivity index (χ1n) is 10.5. The third kappa shape index (κ3) is 6.05. The van der Waals surface area contributed by atoms with Crippen molar-refractivity contribution >= 4 is 25.7 Å². The molecule has 3 rings (SSSR count). The maximum atomic E-state index is 13.0. The number of hydrogen-bond acceptors (Lipinski definition) is 12. The fourth-order valence-corrected chi connectivity index (χ4v) is 6.46. The lowest BCUT2D eigenvalue weighted by atomic mass is 10.0. The third-order valence-electron chi connectivity index (χ3n) is 5.33. The van der Waals surface area contributed by atoms with Crippen LogP contribution in [0.15, 0.2) is 21.9 Å². The zero-order valence-corrected chi connectivity index (χ0v) is 19.9. The first-order valence-corrected chi connectivity index (χ1v) is 13.5. The Morgan fingerprint density at radius 3 is 2.68 bits per heavy atom. The standard InChI is InChI=1S/C17H29N9O6S2/c18-8-12(28)9-21-34(31,32)14-4-3-13(26-6-1-2-11(10-26)20-5-7-27)15(16(14)33(19,29)30)17-22-24-25-23-17/h3-4,11-12,20-21,27-28H,1-2,5-10,18H2,(H2,19,29,30)(H,22,23,24,25)/t11-,12-/m1/s1. The van der Waals surface area contributed by atoms with Crippen LogP contribution in [-0.4, -0.2) is 99.1 Å². The molecule has 0 radical (unpaired) electrons. The minimum Gasteiger partial charge on any atom is -0.395 e. The zero-order valence-electron chi connectivity index (χ0n) is 18.3. The smallest absolute Gasteiger partial charge is 0.242 e. The van der Waals surface area contributed by atoms with Gasteiger partial charge in [0.25, 0.3) is 0 Å². The Kier molecular flexibility index (Phi) is 8.52. The summed E-state index contributed by atoms with van der Waals surface area (Å²) in [5, 5.41) is 41.0. The average Bonchev–Trinajstić information content (AvgIpc) is 3.34. The van der Waals surface area contributed by atoms with Crippen LogP contribution in [0, 0.1) is 0 Å². The molecule has 0 aliphatic carbocycles. The van der Waals surface area contributed by atoms with Crippen molar-refractivity contribution < 1.29 is 27.0 Å². The lowest BCUT2D eigenvalue weighted by Gasteiger charge is -2.36. The molecule has 17 heteroatoms. The molecule has 1 fully saturated rings. The Morgan fingerprint density at radius 2 is 2.06 bits per heavy atom. The number of nitrogens with two attached hydrogens (primary N) is 2. The molecule has 0 bridgehead atoms. The number of anilines is 1. The van der Waals surface area contributed by atoms with Crippen molar-refractivity contribution in [2.45, 2.75) is 34.8 Å². The van der Waals surface area contributed by atoms with Crippen LogP contribution < -0.4 is 25.8 Å². The molecule has 2 aromatic rings. The van der Waals surface area contributed by atoms with Crippen LogP contribution in [0.4, 0.5) is 5.69 Å². The molecule has 190 valence electrons. The highest BCUT2D eigenvalue weighted by atomic mass is 32.2. The average molecular weight is 520 g/mol. The van der Waals surface area contributed by atoms with Crippen molar-refractivity contribution in [1.82, 2.24) is 30.7 Å². The minimum atomic E-state index is -4.61. The first kappa shape index (κ1) is 26.4. The molecular formula is C17H29N9O6S2. The van der Waals surface area contributed by atoms with Gasteiger partial charge in [-0.2, -0.15) is 5.21 Å². The van der Waals surface area contributed by atoms with Gasteiger partial charge < -0.3 is 26.2 Å². The van der Waals surface area contributed by atoms with Crippen molar-refractivity contribution in [2.24, 2.45) is 10.9 Å². The Labute approximate surface area is 197 Å². The van der Waals surface area contributed by atoms with E-state index >= 15 is 0 Å². The van der Waals surface area contributed by atoms with E-state index in [2.05, 4.69) is 30.7 Å². The van der Waals surface area contributed by atoms with E-state index in [9.17, 15) is 21.9 Å². The fourth-order valence-electron chi connectivity index (χ4n) is 3.79. The summed E-state index contributed by atoms with van der Waals surface area (Å²) in [5.74, 6) is -0.150. The number of primary sulfonamides is 1. The number of sulfonamides is 2. The number of hydrogen-bond donors (Lipinski definition) is 7. The summed E-state index contributed by atoms with van der Waals surface area (Å²) >= 11 is 0. The number of rotatable bonds is 11. The molecule has 0 amide bonds. The molecule has 15 nitrogen and oxygen atoms in total. The van der Waals surface area contributed by atoms with Crippen molar-refractivity contribution in [1.29, 1.82) is 0 Å². The minimum absolute atomic E-state index is 0.0137. The van der Waals surface area contributed by atoms with E-state index in [1.807, 2.05) is 4.90 Å². The van der Waals surface area contributed by atoms with Crippen LogP contribution in [0.1, 0.15) is 12.8 Å². The highest BCUT2D eigenvalue weighted by Gasteiger charge is 2.34. The van der Waals surface area contributed by atoms with Gasteiger partial charge in [-0.1, -0.05) is 0 Å². The summed E-state index contributed by atoms with van der Waals surface area (Å²) in [7, 11) is -9.04. The van der Waals surface area contributed by atoms with E-state index in [-0.39, 0.29) is 30.6 Å². The van der Waals surface area contributed by atoms with Gasteiger partial charge in [0, 0.05) is 44.5 Å². The number of nitrogens with one attached hydrogen (secondary N) is 3. The van der Waals surface area contributed by atoms with Crippen molar-refractivity contribution in [3.63, 3.8) is 0 Å². The van der Waals surface area contributed by atoms with Crippen LogP contribution >= 0.6 is 0 Å². The summed E-state index contributed by atoms with van der Waals surface area (Å²) in [6.07, 6.45) is 0.439. The van der Waals surface area contributed by atoms with Gasteiger partial charge in [0.1, 0.15) is 9.79 Å². The molecule has 2 heterocycles. The van der Waals surface area contributed by atoms with E-state index in [0.717, 1.165) is 18.9 Å². The second-order valence-electron chi connectivity index (χ2n) is 7.77. The Morgan fingerprint density at radius 1 is 1.29 bits per heavy atom. The molecule has 0 saturated carbocycles. The van der Waals surface area contributed by atoms with E-state index in [0.29, 0.717) is 25.3 Å². The van der Waals surface area contributed by atoms with Crippen LogP contribution in [0.5, 0.6) is 0 Å². The third-order valence-corrected chi connectivity index (χ3v) is 7.92. The molecule has 0 unspecified atom stereocenters. The number of H-pyrrole nitrogens is 1. The lowest BCUT2D eigenvalue weighted by Crippen LogP contribution is -2.46. The summed E-state index contributed by atoms with van der Waals surface area (Å²) in [4.78, 5) is 0.572. The quantitative estimate of drug-likeness (QED) is 0.154. The number of nitrogens with zero attached hydrogens (tertiary/aromatic N) is 4. The Hall–Kier alpha value is -2.25. The summed E-state index contributed by atoms with van der Waals surface area (Å²) in [6, 6.07) is 2.61. The van der Waals surface area contributed by atoms with E-state index < -0.39 is 42.5 Å². The van der Waals surface area contributed by atoms with Crippen molar-refractivity contribution in [3.05, 3.63) is 12.1 Å². The fraction of sp³-hybridized carbons (Fsp3) is 0.588. The molecule has 1 saturated heterocycles. The van der Waals surface area contributed by atoms with Gasteiger partial charge in [0.2, 0.25) is 25.9 Å². The highest BCUT2D eigenvalue weighted by molar-refractivity contribution is 7.92. The molecule has 1 aliphatic rings. The number of benzene rings is 1. The molecule has 0 spiro atoms. The van der Waals surface area contributed by atoms with Crippen LogP contribution in [0.3, 0.4) is 0 Å². The predicted octanol–water partition coefficient (Wildman–Crippen LogP) is -3.34. The second-order valence-corrected chi connectivity index (χ2v) is 11.0. The number of tetrazole rings is 1. The van der Waals surface area contributed by atoms with Gasteiger partial charge in [-0.05, 0) is 30.2 Å². The van der Waals surface area contributed by atoms with Gasteiger partial charge in [-0.25, -0.2) is 26.7 Å². The lowest BCUT2D eigenvalue weighted by molar-refractivity contribution is 0.186. The molecule has 1 aliphatic heterocycles. The SMILES string of the molecule is NC[C@@H](O)CNS(=O)(=O)c1ccc(N2CCC[C@@H](NCCO)C2)c(-c2nn[nH]n2)c1S(N)(=O)=O. The van der Waals surface area contributed by atoms with Crippen LogP contribution in [-0.2, 0) is 20.0 Å². The van der Waals surface area contributed by atoms with Gasteiger partial charge in [0.15, 0.2) is 0 Å². The van der Waals surface area contributed by atoms with Crippen molar-refractivity contribution in [3.8, 4) is 11.4 Å². The largest absolute Gasteiger partial charge is 0.395 e. The number of aromatic nitrogens is 4. The van der Waals surface area contributed by atoms with Crippen LogP contribution in [0.25, 0.3) is 11.4 Å². The van der Waals surface area contributed by atoms with E-state index in [4.69, 9.17) is 16.0 Å². The summed E-state index contributed by atoms with van der Waals surface area (Å²) in [5.41, 5.74) is 5.57. The normalized spacial score (nSPS) is 18.2. The molecule has 2 atom stereocenters. The Balaban J connectivity index is 2.16. The first-order chi connectivity index (χ1) is 16.1. The number of aromatic amines is 1. The Bertz CT molecular complexity index is 1170. The molecule has 34 heavy (non-hydrogen) atoms. The number of aliphatic hydroxyl groups excluding tert-OH is 2. The predicted molar refractivity (Wildman–Crippen MR) is 122 cm³/mol. The van der Waals surface area contributed by atoms with Gasteiger partial charge in [0.05, 0.1) is 18.3 Å². The summed E-state index contributed by atoms with van der Waals surface area (Å²) < 4.78 is 53.6. The van der Waals surface area contributed by atoms with E-state index in [1.54, 1.807) is 0 Å². The molecule has 1 aromatic heterocycles. The van der Waals surface area contributed by atoms with Gasteiger partial charge in [-0.3, -0.25) is 0 Å². The molecule has 9 N–H and O–H groups in total. The maximum Gasteiger partial charge on any atom is 0.242 e. The topological polar surface area (TPSA) is 243 Å². The van der Waals surface area contributed by atoms with Crippen molar-refractivity contribution in [2.75, 3.05) is 44.2 Å². The monoisotopic (exact) mass is 519 g/mol. The number of piperidine rings is 1. The molecular weight excluding hydrogens is 490 g/mol. The summed E-state index contributed by atoms with van der Waals surface area (Å²) in [6.45, 7) is 0.764. The van der Waals surface area contributed by atoms with Gasteiger partial charge in [-0.15, -0.1) is 10.2 Å². The van der Waals surface area contributed by atoms with Crippen LogP contribution in [0.2, 0.25) is 0 Å². The molecule has 1 aromatic carbocycles. The second kappa shape index (κ2) is 11.0. The highest BCUT2D eigenvalue weighted by Crippen LogP contribution is 2.39. The number of aliphatic hydroxyl groups is 2. The maximum absolute atomic E-state index is 13.0. The zero-order chi connectivity index (χ0) is 24.9.